The van der Waals surface area contributed by atoms with E-state index >= 15 is 0 Å². The van der Waals surface area contributed by atoms with E-state index in [-0.39, 0.29) is 30.9 Å². The minimum atomic E-state index is -0.376. The summed E-state index contributed by atoms with van der Waals surface area (Å²) in [6.07, 6.45) is 0. The van der Waals surface area contributed by atoms with E-state index in [4.69, 9.17) is 4.74 Å². The van der Waals surface area contributed by atoms with Gasteiger partial charge in [-0.05, 0) is 30.3 Å². The molecule has 2 aliphatic heterocycles. The molecule has 156 valence electrons. The molecule has 3 amide bonds. The first-order valence-corrected chi connectivity index (χ1v) is 9.87. The summed E-state index contributed by atoms with van der Waals surface area (Å²) in [4.78, 5) is 38.7. The molecule has 0 saturated carbocycles. The standard InChI is InChI=1S/C22H19N5O4/c28-18-11-27(9-8-23-18)22(30)13-4-3-5-14(10-13)24-21(29)20-16-12-31-17-7-2-1-6-15(17)19(16)25-26-20/h1-7,10H,8-9,11-12H2,(H,23,28)(H,24,29)(H,25,26). The van der Waals surface area contributed by atoms with Crippen molar-refractivity contribution in [1.82, 2.24) is 20.4 Å². The molecule has 0 unspecified atom stereocenters. The Kier molecular flexibility index (Phi) is 4.62. The number of benzene rings is 2. The third-order valence-electron chi connectivity index (χ3n) is 5.30. The maximum absolute atomic E-state index is 12.9. The molecule has 0 aliphatic carbocycles. The minimum Gasteiger partial charge on any atom is -0.488 e. The highest BCUT2D eigenvalue weighted by atomic mass is 16.5. The van der Waals surface area contributed by atoms with Gasteiger partial charge in [-0.1, -0.05) is 18.2 Å². The van der Waals surface area contributed by atoms with Crippen LogP contribution in [-0.4, -0.2) is 52.5 Å². The van der Waals surface area contributed by atoms with Crippen LogP contribution in [0.1, 0.15) is 26.4 Å². The zero-order chi connectivity index (χ0) is 21.4. The van der Waals surface area contributed by atoms with Crippen molar-refractivity contribution in [3.8, 4) is 17.0 Å². The van der Waals surface area contributed by atoms with Crippen LogP contribution in [0.25, 0.3) is 11.3 Å². The number of para-hydroxylation sites is 1. The molecule has 5 rings (SSSR count). The summed E-state index contributed by atoms with van der Waals surface area (Å²) in [7, 11) is 0. The quantitative estimate of drug-likeness (QED) is 0.601. The number of rotatable bonds is 3. The van der Waals surface area contributed by atoms with Gasteiger partial charge < -0.3 is 20.3 Å². The lowest BCUT2D eigenvalue weighted by Crippen LogP contribution is -2.49. The molecule has 3 aromatic rings. The molecule has 2 aliphatic rings. The number of hydrogen-bond acceptors (Lipinski definition) is 5. The van der Waals surface area contributed by atoms with Crippen molar-refractivity contribution < 1.29 is 19.1 Å². The van der Waals surface area contributed by atoms with Crippen molar-refractivity contribution in [2.45, 2.75) is 6.61 Å². The van der Waals surface area contributed by atoms with Gasteiger partial charge in [-0.25, -0.2) is 0 Å². The lowest BCUT2D eigenvalue weighted by atomic mass is 10.0. The fourth-order valence-electron chi connectivity index (χ4n) is 3.77. The van der Waals surface area contributed by atoms with E-state index in [1.165, 1.54) is 4.90 Å². The van der Waals surface area contributed by atoms with Gasteiger partial charge >= 0.3 is 0 Å². The van der Waals surface area contributed by atoms with Gasteiger partial charge in [0.25, 0.3) is 11.8 Å². The molecular weight excluding hydrogens is 398 g/mol. The molecule has 0 spiro atoms. The number of anilines is 1. The number of aromatic amines is 1. The van der Waals surface area contributed by atoms with E-state index in [2.05, 4.69) is 20.8 Å². The predicted octanol–water partition coefficient (Wildman–Crippen LogP) is 1.79. The molecule has 1 saturated heterocycles. The highest BCUT2D eigenvalue weighted by Crippen LogP contribution is 2.37. The normalized spacial score (nSPS) is 14.7. The number of carbonyl (C=O) groups is 3. The van der Waals surface area contributed by atoms with Gasteiger partial charge in [0, 0.05) is 35.5 Å². The van der Waals surface area contributed by atoms with Gasteiger partial charge in [0.1, 0.15) is 23.7 Å². The second kappa shape index (κ2) is 7.60. The SMILES string of the molecule is O=C1CN(C(=O)c2cccc(NC(=O)c3[nH]nc4c3COc3ccccc3-4)c2)CCN1. The van der Waals surface area contributed by atoms with E-state index in [9.17, 15) is 14.4 Å². The average molecular weight is 417 g/mol. The molecule has 0 bridgehead atoms. The summed E-state index contributed by atoms with van der Waals surface area (Å²) in [6.45, 7) is 1.14. The van der Waals surface area contributed by atoms with E-state index in [0.717, 1.165) is 11.3 Å². The lowest BCUT2D eigenvalue weighted by Gasteiger charge is -2.26. The lowest BCUT2D eigenvalue weighted by molar-refractivity contribution is -0.123. The molecule has 31 heavy (non-hydrogen) atoms. The Bertz CT molecular complexity index is 1200. The molecule has 2 aromatic carbocycles. The minimum absolute atomic E-state index is 0.0250. The molecule has 3 N–H and O–H groups in total. The highest BCUT2D eigenvalue weighted by molar-refractivity contribution is 6.06. The third kappa shape index (κ3) is 3.50. The first-order chi connectivity index (χ1) is 15.1. The third-order valence-corrected chi connectivity index (χ3v) is 5.30. The van der Waals surface area contributed by atoms with Crippen molar-refractivity contribution in [2.75, 3.05) is 25.0 Å². The Hall–Kier alpha value is -4.14. The fourth-order valence-corrected chi connectivity index (χ4v) is 3.77. The number of aromatic nitrogens is 2. The number of piperazine rings is 1. The monoisotopic (exact) mass is 417 g/mol. The van der Waals surface area contributed by atoms with Crippen LogP contribution in [0.3, 0.4) is 0 Å². The summed E-state index contributed by atoms with van der Waals surface area (Å²) in [5.41, 5.74) is 3.39. The summed E-state index contributed by atoms with van der Waals surface area (Å²) in [6, 6.07) is 14.2. The highest BCUT2D eigenvalue weighted by Gasteiger charge is 2.27. The summed E-state index contributed by atoms with van der Waals surface area (Å²) >= 11 is 0. The molecular formula is C22H19N5O4. The molecule has 1 fully saturated rings. The first-order valence-electron chi connectivity index (χ1n) is 9.87. The Morgan fingerprint density at radius 1 is 1.13 bits per heavy atom. The van der Waals surface area contributed by atoms with E-state index in [1.54, 1.807) is 24.3 Å². The Balaban J connectivity index is 1.35. The second-order valence-corrected chi connectivity index (χ2v) is 7.32. The second-order valence-electron chi connectivity index (χ2n) is 7.32. The Labute approximate surface area is 177 Å². The smallest absolute Gasteiger partial charge is 0.274 e. The van der Waals surface area contributed by atoms with Crippen LogP contribution >= 0.6 is 0 Å². The number of fused-ring (bicyclic) bond motifs is 3. The van der Waals surface area contributed by atoms with Crippen LogP contribution < -0.4 is 15.4 Å². The van der Waals surface area contributed by atoms with E-state index in [1.807, 2.05) is 24.3 Å². The molecule has 1 aromatic heterocycles. The van der Waals surface area contributed by atoms with E-state index < -0.39 is 0 Å². The number of carbonyl (C=O) groups excluding carboxylic acids is 3. The van der Waals surface area contributed by atoms with Gasteiger partial charge in [-0.2, -0.15) is 5.10 Å². The summed E-state index contributed by atoms with van der Waals surface area (Å²) in [5, 5.41) is 12.6. The van der Waals surface area contributed by atoms with Gasteiger partial charge in [0.15, 0.2) is 0 Å². The number of H-pyrrole nitrogens is 1. The van der Waals surface area contributed by atoms with Gasteiger partial charge in [0.05, 0.1) is 6.54 Å². The van der Waals surface area contributed by atoms with Crippen molar-refractivity contribution in [3.63, 3.8) is 0 Å². The maximum atomic E-state index is 12.9. The Morgan fingerprint density at radius 3 is 2.87 bits per heavy atom. The van der Waals surface area contributed by atoms with Crippen LogP contribution in [0.4, 0.5) is 5.69 Å². The zero-order valence-corrected chi connectivity index (χ0v) is 16.5. The van der Waals surface area contributed by atoms with Crippen LogP contribution in [0.2, 0.25) is 0 Å². The number of nitrogens with one attached hydrogen (secondary N) is 3. The van der Waals surface area contributed by atoms with E-state index in [0.29, 0.717) is 41.3 Å². The van der Waals surface area contributed by atoms with Gasteiger partial charge in [0.2, 0.25) is 5.91 Å². The van der Waals surface area contributed by atoms with Gasteiger partial charge in [-0.3, -0.25) is 19.5 Å². The molecule has 0 atom stereocenters. The number of amides is 3. The zero-order valence-electron chi connectivity index (χ0n) is 16.5. The van der Waals surface area contributed by atoms with Crippen molar-refractivity contribution in [3.05, 3.63) is 65.4 Å². The Morgan fingerprint density at radius 2 is 2.00 bits per heavy atom. The average Bonchev–Trinajstić information content (AvgIpc) is 3.24. The van der Waals surface area contributed by atoms with Crippen molar-refractivity contribution in [2.24, 2.45) is 0 Å². The largest absolute Gasteiger partial charge is 0.488 e. The van der Waals surface area contributed by atoms with Crippen molar-refractivity contribution >= 4 is 23.4 Å². The fraction of sp³-hybridized carbons (Fsp3) is 0.182. The molecule has 9 heteroatoms. The summed E-state index contributed by atoms with van der Waals surface area (Å²) in [5.74, 6) is -0.0866. The number of nitrogens with zero attached hydrogens (tertiary/aromatic N) is 2. The van der Waals surface area contributed by atoms with Crippen LogP contribution in [0, 0.1) is 0 Å². The van der Waals surface area contributed by atoms with Crippen molar-refractivity contribution in [1.29, 1.82) is 0 Å². The molecule has 3 heterocycles. The number of hydrogen-bond donors (Lipinski definition) is 3. The predicted molar refractivity (Wildman–Crippen MR) is 112 cm³/mol. The van der Waals surface area contributed by atoms with Crippen LogP contribution in [-0.2, 0) is 11.4 Å². The first kappa shape index (κ1) is 18.9. The van der Waals surface area contributed by atoms with Crippen LogP contribution in [0.15, 0.2) is 48.5 Å². The van der Waals surface area contributed by atoms with Crippen LogP contribution in [0.5, 0.6) is 5.75 Å². The molecule has 9 nitrogen and oxygen atoms in total. The summed E-state index contributed by atoms with van der Waals surface area (Å²) < 4.78 is 5.75. The number of ether oxygens (including phenoxy) is 1. The molecule has 0 radical (unpaired) electrons. The van der Waals surface area contributed by atoms with Gasteiger partial charge in [-0.15, -0.1) is 0 Å². The topological polar surface area (TPSA) is 116 Å². The maximum Gasteiger partial charge on any atom is 0.274 e.